The van der Waals surface area contributed by atoms with Crippen LogP contribution < -0.4 is 0 Å². The number of rotatable bonds is 3. The Labute approximate surface area is 119 Å². The van der Waals surface area contributed by atoms with E-state index in [-0.39, 0.29) is 0 Å². The molecule has 108 valence electrons. The van der Waals surface area contributed by atoms with E-state index in [1.54, 1.807) is 0 Å². The van der Waals surface area contributed by atoms with Crippen molar-refractivity contribution in [1.29, 1.82) is 0 Å². The second-order valence-corrected chi connectivity index (χ2v) is 5.88. The summed E-state index contributed by atoms with van der Waals surface area (Å²) in [5.74, 6) is 3.12. The van der Waals surface area contributed by atoms with Crippen LogP contribution in [0.25, 0.3) is 11.6 Å². The fourth-order valence-electron chi connectivity index (χ4n) is 3.16. The number of hydrogen-bond donors (Lipinski definition) is 1. The molecule has 4 heteroatoms. The van der Waals surface area contributed by atoms with Crippen LogP contribution >= 0.6 is 0 Å². The van der Waals surface area contributed by atoms with Crippen LogP contribution in [-0.2, 0) is 0 Å². The van der Waals surface area contributed by atoms with E-state index in [4.69, 9.17) is 4.42 Å². The third-order valence-corrected chi connectivity index (χ3v) is 4.46. The normalized spacial score (nSPS) is 23.1. The predicted octanol–water partition coefficient (Wildman–Crippen LogP) is 3.48. The molecule has 3 rings (SSSR count). The molecule has 0 amide bonds. The number of imidazole rings is 1. The third kappa shape index (κ3) is 2.40. The van der Waals surface area contributed by atoms with Gasteiger partial charge in [0.15, 0.2) is 11.6 Å². The van der Waals surface area contributed by atoms with Crippen LogP contribution in [0.3, 0.4) is 0 Å². The Morgan fingerprint density at radius 3 is 2.95 bits per heavy atom. The van der Waals surface area contributed by atoms with Crippen molar-refractivity contribution in [3.8, 4) is 11.6 Å². The van der Waals surface area contributed by atoms with Crippen LogP contribution in [0.4, 0.5) is 0 Å². The number of furan rings is 1. The maximum atomic E-state index is 9.39. The van der Waals surface area contributed by atoms with Crippen molar-refractivity contribution >= 4 is 0 Å². The summed E-state index contributed by atoms with van der Waals surface area (Å²) in [6.07, 6.45) is 8.36. The first kappa shape index (κ1) is 13.4. The summed E-state index contributed by atoms with van der Waals surface area (Å²) >= 11 is 0. The zero-order chi connectivity index (χ0) is 14.1. The van der Waals surface area contributed by atoms with E-state index in [0.29, 0.717) is 18.6 Å². The van der Waals surface area contributed by atoms with Gasteiger partial charge in [0.25, 0.3) is 0 Å². The van der Waals surface area contributed by atoms with E-state index < -0.39 is 0 Å². The van der Waals surface area contributed by atoms with Gasteiger partial charge in [-0.25, -0.2) is 4.98 Å². The van der Waals surface area contributed by atoms with E-state index in [1.807, 2.05) is 19.3 Å². The maximum Gasteiger partial charge on any atom is 0.176 e. The highest BCUT2D eigenvalue weighted by molar-refractivity contribution is 5.50. The first-order chi connectivity index (χ1) is 9.69. The summed E-state index contributed by atoms with van der Waals surface area (Å²) in [6.45, 7) is 4.33. The zero-order valence-corrected chi connectivity index (χ0v) is 12.2. The molecule has 0 bridgehead atoms. The van der Waals surface area contributed by atoms with Crippen LogP contribution in [0.5, 0.6) is 0 Å². The van der Waals surface area contributed by atoms with Gasteiger partial charge in [0.1, 0.15) is 5.76 Å². The fraction of sp³-hybridized carbons (Fsp3) is 0.562. The van der Waals surface area contributed by atoms with Gasteiger partial charge in [-0.15, -0.1) is 0 Å². The lowest BCUT2D eigenvalue weighted by Crippen LogP contribution is -2.21. The van der Waals surface area contributed by atoms with Gasteiger partial charge in [0, 0.05) is 25.0 Å². The van der Waals surface area contributed by atoms with E-state index >= 15 is 0 Å². The average molecular weight is 274 g/mol. The van der Waals surface area contributed by atoms with Gasteiger partial charge in [-0.1, -0.05) is 6.42 Å². The third-order valence-electron chi connectivity index (χ3n) is 4.46. The van der Waals surface area contributed by atoms with Crippen LogP contribution in [0, 0.1) is 19.8 Å². The Morgan fingerprint density at radius 2 is 2.25 bits per heavy atom. The molecule has 1 saturated carbocycles. The van der Waals surface area contributed by atoms with Crippen molar-refractivity contribution in [3.05, 3.63) is 29.8 Å². The van der Waals surface area contributed by atoms with Crippen molar-refractivity contribution < 1.29 is 9.52 Å². The van der Waals surface area contributed by atoms with Crippen LogP contribution in [0.15, 0.2) is 22.9 Å². The van der Waals surface area contributed by atoms with Crippen molar-refractivity contribution in [2.24, 2.45) is 5.92 Å². The monoisotopic (exact) mass is 274 g/mol. The number of nitrogens with zero attached hydrogens (tertiary/aromatic N) is 2. The minimum absolute atomic E-state index is 0.291. The summed E-state index contributed by atoms with van der Waals surface area (Å²) in [5, 5.41) is 9.39. The van der Waals surface area contributed by atoms with E-state index in [2.05, 4.69) is 22.5 Å². The number of aliphatic hydroxyl groups is 1. The molecule has 1 fully saturated rings. The molecule has 0 unspecified atom stereocenters. The molecule has 0 aromatic carbocycles. The molecule has 4 nitrogen and oxygen atoms in total. The lowest BCUT2D eigenvalue weighted by Gasteiger charge is -2.29. The molecule has 2 aromatic heterocycles. The summed E-state index contributed by atoms with van der Waals surface area (Å²) in [5.41, 5.74) is 1.16. The molecule has 0 spiro atoms. The van der Waals surface area contributed by atoms with Crippen molar-refractivity contribution in [1.82, 2.24) is 9.55 Å². The molecule has 2 heterocycles. The quantitative estimate of drug-likeness (QED) is 0.932. The molecule has 0 saturated heterocycles. The summed E-state index contributed by atoms with van der Waals surface area (Å²) in [6, 6.07) is 2.48. The van der Waals surface area contributed by atoms with Crippen LogP contribution in [0.2, 0.25) is 0 Å². The maximum absolute atomic E-state index is 9.39. The topological polar surface area (TPSA) is 51.2 Å². The lowest BCUT2D eigenvalue weighted by atomic mass is 9.86. The Balaban J connectivity index is 1.90. The molecule has 1 aliphatic rings. The fourth-order valence-corrected chi connectivity index (χ4v) is 3.16. The van der Waals surface area contributed by atoms with E-state index in [9.17, 15) is 5.11 Å². The second-order valence-electron chi connectivity index (χ2n) is 5.88. The van der Waals surface area contributed by atoms with Crippen LogP contribution in [-0.4, -0.2) is 21.3 Å². The SMILES string of the molecule is Cc1cc(-c2nccn2[C@@H]2CCC[C@H](CO)C2)oc1C. The molecule has 2 atom stereocenters. The Morgan fingerprint density at radius 1 is 1.40 bits per heavy atom. The second kappa shape index (κ2) is 5.44. The zero-order valence-electron chi connectivity index (χ0n) is 12.2. The van der Waals surface area contributed by atoms with Gasteiger partial charge in [0.05, 0.1) is 0 Å². The minimum atomic E-state index is 0.291. The highest BCUT2D eigenvalue weighted by Gasteiger charge is 2.25. The molecule has 2 aromatic rings. The molecular weight excluding hydrogens is 252 g/mol. The number of aromatic nitrogens is 2. The number of hydrogen-bond acceptors (Lipinski definition) is 3. The first-order valence-corrected chi connectivity index (χ1v) is 7.40. The molecular formula is C16H22N2O2. The van der Waals surface area contributed by atoms with E-state index in [0.717, 1.165) is 42.2 Å². The van der Waals surface area contributed by atoms with Crippen molar-refractivity contribution in [2.45, 2.75) is 45.6 Å². The predicted molar refractivity (Wildman–Crippen MR) is 77.5 cm³/mol. The summed E-state index contributed by atoms with van der Waals surface area (Å²) in [4.78, 5) is 4.47. The number of aliphatic hydroxyl groups excluding tert-OH is 1. The largest absolute Gasteiger partial charge is 0.458 e. The molecule has 0 radical (unpaired) electrons. The van der Waals surface area contributed by atoms with Gasteiger partial charge in [-0.05, 0) is 50.7 Å². The van der Waals surface area contributed by atoms with E-state index in [1.165, 1.54) is 6.42 Å². The Hall–Kier alpha value is -1.55. The first-order valence-electron chi connectivity index (χ1n) is 7.40. The molecule has 1 N–H and O–H groups in total. The standard InChI is InChI=1S/C16H22N2O2/c1-11-8-15(20-12(11)2)16-17-6-7-18(16)14-5-3-4-13(9-14)10-19/h6-8,13-14,19H,3-5,9-10H2,1-2H3/t13-,14+/m0/s1. The number of aryl methyl sites for hydroxylation is 2. The minimum Gasteiger partial charge on any atom is -0.458 e. The Kier molecular flexibility index (Phi) is 3.66. The average Bonchev–Trinajstić information content (AvgIpc) is 3.06. The van der Waals surface area contributed by atoms with Crippen LogP contribution in [0.1, 0.15) is 43.0 Å². The summed E-state index contributed by atoms with van der Waals surface area (Å²) < 4.78 is 8.03. The van der Waals surface area contributed by atoms with Gasteiger partial charge < -0.3 is 14.1 Å². The molecule has 20 heavy (non-hydrogen) atoms. The lowest BCUT2D eigenvalue weighted by molar-refractivity contribution is 0.163. The van der Waals surface area contributed by atoms with Gasteiger partial charge >= 0.3 is 0 Å². The highest BCUT2D eigenvalue weighted by atomic mass is 16.3. The van der Waals surface area contributed by atoms with Gasteiger partial charge in [-0.3, -0.25) is 0 Å². The van der Waals surface area contributed by atoms with Crippen molar-refractivity contribution in [2.75, 3.05) is 6.61 Å². The summed E-state index contributed by atoms with van der Waals surface area (Å²) in [7, 11) is 0. The molecule has 0 aliphatic heterocycles. The van der Waals surface area contributed by atoms with Gasteiger partial charge in [-0.2, -0.15) is 0 Å². The molecule has 1 aliphatic carbocycles. The van der Waals surface area contributed by atoms with Crippen molar-refractivity contribution in [3.63, 3.8) is 0 Å². The smallest absolute Gasteiger partial charge is 0.176 e. The highest BCUT2D eigenvalue weighted by Crippen LogP contribution is 2.35. The van der Waals surface area contributed by atoms with Gasteiger partial charge in [0.2, 0.25) is 0 Å². The Bertz CT molecular complexity index is 566.